The molecule has 0 aromatic carbocycles. The molecule has 8 heavy (non-hydrogen) atoms. The maximum absolute atomic E-state index is 8.24. The average molecular weight is 112 g/mol. The Labute approximate surface area is 48.5 Å². The van der Waals surface area contributed by atoms with E-state index in [-0.39, 0.29) is 0 Å². The molecule has 0 atom stereocenters. The lowest BCUT2D eigenvalue weighted by Crippen LogP contribution is -1.98. The number of hydrogen-bond acceptors (Lipinski definition) is 2. The maximum atomic E-state index is 8.24. The molecule has 0 fully saturated rings. The zero-order valence-electron chi connectivity index (χ0n) is 4.63. The summed E-state index contributed by atoms with van der Waals surface area (Å²) in [4.78, 5) is 0. The van der Waals surface area contributed by atoms with Crippen molar-refractivity contribution in [3.05, 3.63) is 11.6 Å². The van der Waals surface area contributed by atoms with E-state index >= 15 is 0 Å². The fourth-order valence-electron chi connectivity index (χ4n) is 0.272. The van der Waals surface area contributed by atoms with Crippen LogP contribution in [0.1, 0.15) is 6.92 Å². The summed E-state index contributed by atoms with van der Waals surface area (Å²) < 4.78 is 0. The Bertz CT molecular complexity index is 128. The van der Waals surface area contributed by atoms with E-state index in [2.05, 4.69) is 5.92 Å². The van der Waals surface area contributed by atoms with E-state index in [9.17, 15) is 0 Å². The van der Waals surface area contributed by atoms with Crippen LogP contribution in [-0.4, -0.2) is 16.5 Å². The monoisotopic (exact) mass is 112 g/mol. The summed E-state index contributed by atoms with van der Waals surface area (Å²) in [5.41, 5.74) is 0.528. The van der Waals surface area contributed by atoms with Crippen molar-refractivity contribution in [2.45, 2.75) is 13.2 Å². The van der Waals surface area contributed by atoms with Gasteiger partial charge in [-0.2, -0.15) is 0 Å². The third-order valence-electron chi connectivity index (χ3n) is 0.627. The van der Waals surface area contributed by atoms with Gasteiger partial charge in [0.1, 0.15) is 0 Å². The molecule has 0 aliphatic carbocycles. The topological polar surface area (TPSA) is 40.5 Å². The lowest BCUT2D eigenvalue weighted by molar-refractivity contribution is 0.00197. The highest BCUT2D eigenvalue weighted by atomic mass is 16.5. The SMILES string of the molecule is C#C/C(C)=C\C(O)O. The molecule has 0 radical (unpaired) electrons. The van der Waals surface area contributed by atoms with E-state index in [1.807, 2.05) is 0 Å². The molecule has 0 aliphatic heterocycles. The van der Waals surface area contributed by atoms with Gasteiger partial charge in [0.05, 0.1) is 0 Å². The van der Waals surface area contributed by atoms with Gasteiger partial charge in [-0.05, 0) is 18.6 Å². The Morgan fingerprint density at radius 3 is 2.38 bits per heavy atom. The standard InChI is InChI=1S/C6H8O2/c1-3-5(2)4-6(7)8/h1,4,6-8H,2H3/b5-4-. The molecule has 0 spiro atoms. The minimum atomic E-state index is -1.42. The quantitative estimate of drug-likeness (QED) is 0.366. The first-order valence-corrected chi connectivity index (χ1v) is 2.18. The summed E-state index contributed by atoms with van der Waals surface area (Å²) >= 11 is 0. The molecule has 0 bridgehead atoms. The van der Waals surface area contributed by atoms with E-state index in [0.29, 0.717) is 5.57 Å². The summed E-state index contributed by atoms with van der Waals surface area (Å²) in [6.45, 7) is 1.62. The van der Waals surface area contributed by atoms with Gasteiger partial charge in [0.2, 0.25) is 0 Å². The third-order valence-corrected chi connectivity index (χ3v) is 0.627. The molecule has 2 heteroatoms. The lowest BCUT2D eigenvalue weighted by atomic mass is 10.3. The largest absolute Gasteiger partial charge is 0.365 e. The van der Waals surface area contributed by atoms with Gasteiger partial charge in [0, 0.05) is 0 Å². The van der Waals surface area contributed by atoms with Crippen molar-refractivity contribution >= 4 is 0 Å². The Morgan fingerprint density at radius 2 is 2.25 bits per heavy atom. The molecule has 0 saturated carbocycles. The Hall–Kier alpha value is -0.780. The number of terminal acetylenes is 1. The fourth-order valence-corrected chi connectivity index (χ4v) is 0.272. The first-order valence-electron chi connectivity index (χ1n) is 2.18. The van der Waals surface area contributed by atoms with Crippen LogP contribution in [0.15, 0.2) is 11.6 Å². The zero-order chi connectivity index (χ0) is 6.57. The second kappa shape index (κ2) is 3.25. The normalized spacial score (nSPS) is 11.6. The number of allylic oxidation sites excluding steroid dienone is 1. The van der Waals surface area contributed by atoms with Crippen LogP contribution in [0.25, 0.3) is 0 Å². The maximum Gasteiger partial charge on any atom is 0.172 e. The van der Waals surface area contributed by atoms with Crippen LogP contribution in [0.2, 0.25) is 0 Å². The molecule has 0 rings (SSSR count). The smallest absolute Gasteiger partial charge is 0.172 e. The molecule has 0 aromatic heterocycles. The lowest BCUT2D eigenvalue weighted by Gasteiger charge is -1.91. The van der Waals surface area contributed by atoms with Gasteiger partial charge in [0.25, 0.3) is 0 Å². The zero-order valence-corrected chi connectivity index (χ0v) is 4.63. The van der Waals surface area contributed by atoms with Crippen LogP contribution in [-0.2, 0) is 0 Å². The predicted molar refractivity (Wildman–Crippen MR) is 30.8 cm³/mol. The summed E-state index contributed by atoms with van der Waals surface area (Å²) in [5.74, 6) is 2.24. The van der Waals surface area contributed by atoms with E-state index in [1.54, 1.807) is 6.92 Å². The van der Waals surface area contributed by atoms with Crippen molar-refractivity contribution in [2.75, 3.05) is 0 Å². The molecule has 2 nitrogen and oxygen atoms in total. The van der Waals surface area contributed by atoms with E-state index in [1.165, 1.54) is 6.08 Å². The van der Waals surface area contributed by atoms with Crippen molar-refractivity contribution in [3.63, 3.8) is 0 Å². The molecule has 0 saturated heterocycles. The summed E-state index contributed by atoms with van der Waals surface area (Å²) in [6, 6.07) is 0. The first kappa shape index (κ1) is 7.22. The molecule has 0 aliphatic rings. The molecule has 2 N–H and O–H groups in total. The number of aliphatic hydroxyl groups is 2. The number of hydrogen-bond donors (Lipinski definition) is 2. The summed E-state index contributed by atoms with van der Waals surface area (Å²) in [6.07, 6.45) is 4.64. The fraction of sp³-hybridized carbons (Fsp3) is 0.333. The summed E-state index contributed by atoms with van der Waals surface area (Å²) in [5, 5.41) is 16.5. The average Bonchev–Trinajstić information content (AvgIpc) is 1.65. The molecular formula is C6H8O2. The van der Waals surface area contributed by atoms with Gasteiger partial charge >= 0.3 is 0 Å². The van der Waals surface area contributed by atoms with Crippen LogP contribution in [0.4, 0.5) is 0 Å². The Morgan fingerprint density at radius 1 is 1.75 bits per heavy atom. The molecule has 0 amide bonds. The van der Waals surface area contributed by atoms with E-state index in [4.69, 9.17) is 16.6 Å². The highest BCUT2D eigenvalue weighted by Gasteiger charge is 1.87. The number of rotatable bonds is 1. The van der Waals surface area contributed by atoms with Crippen LogP contribution >= 0.6 is 0 Å². The Kier molecular flexibility index (Phi) is 2.93. The van der Waals surface area contributed by atoms with Crippen molar-refractivity contribution < 1.29 is 10.2 Å². The predicted octanol–water partition coefficient (Wildman–Crippen LogP) is -0.123. The molecule has 44 valence electrons. The van der Waals surface area contributed by atoms with Crippen molar-refractivity contribution in [1.29, 1.82) is 0 Å². The second-order valence-electron chi connectivity index (χ2n) is 1.41. The third kappa shape index (κ3) is 3.41. The van der Waals surface area contributed by atoms with Gasteiger partial charge in [-0.25, -0.2) is 0 Å². The van der Waals surface area contributed by atoms with Crippen molar-refractivity contribution in [2.24, 2.45) is 0 Å². The van der Waals surface area contributed by atoms with Gasteiger partial charge in [0.15, 0.2) is 6.29 Å². The van der Waals surface area contributed by atoms with Crippen LogP contribution in [0.5, 0.6) is 0 Å². The van der Waals surface area contributed by atoms with Gasteiger partial charge in [-0.3, -0.25) is 0 Å². The van der Waals surface area contributed by atoms with E-state index in [0.717, 1.165) is 0 Å². The van der Waals surface area contributed by atoms with Crippen molar-refractivity contribution in [1.82, 2.24) is 0 Å². The molecule has 0 heterocycles. The van der Waals surface area contributed by atoms with Crippen LogP contribution in [0, 0.1) is 12.3 Å². The van der Waals surface area contributed by atoms with Gasteiger partial charge < -0.3 is 10.2 Å². The second-order valence-corrected chi connectivity index (χ2v) is 1.41. The number of aliphatic hydroxyl groups excluding tert-OH is 1. The molecular weight excluding hydrogens is 104 g/mol. The first-order chi connectivity index (χ1) is 3.66. The van der Waals surface area contributed by atoms with E-state index < -0.39 is 6.29 Å². The molecule has 0 unspecified atom stereocenters. The summed E-state index contributed by atoms with van der Waals surface area (Å²) in [7, 11) is 0. The minimum Gasteiger partial charge on any atom is -0.365 e. The highest BCUT2D eigenvalue weighted by molar-refractivity contribution is 5.22. The van der Waals surface area contributed by atoms with Crippen molar-refractivity contribution in [3.8, 4) is 12.3 Å². The highest BCUT2D eigenvalue weighted by Crippen LogP contribution is 1.89. The van der Waals surface area contributed by atoms with Gasteiger partial charge in [-0.1, -0.05) is 5.92 Å². The van der Waals surface area contributed by atoms with Crippen LogP contribution in [0.3, 0.4) is 0 Å². The van der Waals surface area contributed by atoms with Crippen LogP contribution < -0.4 is 0 Å². The minimum absolute atomic E-state index is 0.528. The molecule has 0 aromatic rings. The Balaban J connectivity index is 3.80. The van der Waals surface area contributed by atoms with Gasteiger partial charge in [-0.15, -0.1) is 6.42 Å².